The van der Waals surface area contributed by atoms with E-state index in [4.69, 9.17) is 0 Å². The van der Waals surface area contributed by atoms with Crippen LogP contribution in [-0.2, 0) is 4.79 Å². The highest BCUT2D eigenvalue weighted by Crippen LogP contribution is 1.99. The molecule has 0 fully saturated rings. The van der Waals surface area contributed by atoms with Crippen molar-refractivity contribution >= 4 is 5.91 Å². The van der Waals surface area contributed by atoms with Gasteiger partial charge in [0.05, 0.1) is 0 Å². The van der Waals surface area contributed by atoms with Gasteiger partial charge < -0.3 is 0 Å². The molecular formula is C11H23N3O. The first-order valence-electron chi connectivity index (χ1n) is 5.66. The lowest BCUT2D eigenvalue weighted by molar-refractivity contribution is -0.134. The Morgan fingerprint density at radius 1 is 1.13 bits per heavy atom. The molecule has 0 spiro atoms. The summed E-state index contributed by atoms with van der Waals surface area (Å²) in [6.07, 6.45) is 2.64. The van der Waals surface area contributed by atoms with Gasteiger partial charge in [-0.15, -0.1) is 0 Å². The molecule has 0 aromatic carbocycles. The van der Waals surface area contributed by atoms with E-state index in [9.17, 15) is 4.79 Å². The van der Waals surface area contributed by atoms with Crippen LogP contribution in [0.5, 0.6) is 0 Å². The normalized spacial score (nSPS) is 10.1. The highest BCUT2D eigenvalue weighted by atomic mass is 16.2. The molecule has 0 saturated heterocycles. The maximum Gasteiger partial charge on any atom is 0.278 e. The molecule has 0 atom stereocenters. The van der Waals surface area contributed by atoms with E-state index in [1.165, 1.54) is 5.12 Å². The number of hydrogen-bond donors (Lipinski definition) is 2. The zero-order valence-electron chi connectivity index (χ0n) is 10.1. The Kier molecular flexibility index (Phi) is 7.95. The lowest BCUT2D eigenvalue weighted by Crippen LogP contribution is -2.52. The second kappa shape index (κ2) is 8.44. The van der Waals surface area contributed by atoms with E-state index in [1.807, 2.05) is 6.92 Å². The monoisotopic (exact) mass is 213 g/mol. The molecule has 0 rings (SSSR count). The molecule has 0 bridgehead atoms. The van der Waals surface area contributed by atoms with Crippen molar-refractivity contribution in [2.75, 3.05) is 13.1 Å². The summed E-state index contributed by atoms with van der Waals surface area (Å²) in [4.78, 5) is 11.8. The first kappa shape index (κ1) is 14.1. The minimum atomic E-state index is -0.0700. The van der Waals surface area contributed by atoms with E-state index in [-0.39, 0.29) is 5.91 Å². The summed E-state index contributed by atoms with van der Waals surface area (Å²) in [5.41, 5.74) is 6.68. The minimum Gasteiger partial charge on any atom is -0.267 e. The molecule has 15 heavy (non-hydrogen) atoms. The Hall–Kier alpha value is -0.870. The smallest absolute Gasteiger partial charge is 0.267 e. The van der Waals surface area contributed by atoms with Crippen LogP contribution in [0, 0.1) is 0 Å². The van der Waals surface area contributed by atoms with Crippen molar-refractivity contribution in [1.82, 2.24) is 16.0 Å². The molecule has 1 amide bonds. The van der Waals surface area contributed by atoms with Crippen LogP contribution >= 0.6 is 0 Å². The van der Waals surface area contributed by atoms with Crippen molar-refractivity contribution in [3.05, 3.63) is 12.2 Å². The lowest BCUT2D eigenvalue weighted by atomic mass is 10.2. The SMILES string of the molecule is C=C(CC)C(=O)N(NCCC)NCCC. The van der Waals surface area contributed by atoms with Crippen LogP contribution in [-0.4, -0.2) is 24.1 Å². The minimum absolute atomic E-state index is 0.0700. The second-order valence-electron chi connectivity index (χ2n) is 3.41. The zero-order chi connectivity index (χ0) is 11.7. The Bertz CT molecular complexity index is 196. The summed E-state index contributed by atoms with van der Waals surface area (Å²) in [6, 6.07) is 0. The van der Waals surface area contributed by atoms with Crippen LogP contribution in [0.25, 0.3) is 0 Å². The van der Waals surface area contributed by atoms with Gasteiger partial charge in [0, 0.05) is 18.7 Å². The van der Waals surface area contributed by atoms with Crippen LogP contribution in [0.15, 0.2) is 12.2 Å². The predicted octanol–water partition coefficient (Wildman–Crippen LogP) is 1.61. The van der Waals surface area contributed by atoms with E-state index < -0.39 is 0 Å². The van der Waals surface area contributed by atoms with Gasteiger partial charge in [-0.1, -0.05) is 27.4 Å². The zero-order valence-corrected chi connectivity index (χ0v) is 10.1. The van der Waals surface area contributed by atoms with Crippen molar-refractivity contribution in [3.8, 4) is 0 Å². The number of carbonyl (C=O) groups is 1. The fraction of sp³-hybridized carbons (Fsp3) is 0.727. The summed E-state index contributed by atoms with van der Waals surface area (Å²) >= 11 is 0. The highest BCUT2D eigenvalue weighted by molar-refractivity contribution is 5.92. The summed E-state index contributed by atoms with van der Waals surface area (Å²) in [7, 11) is 0. The lowest BCUT2D eigenvalue weighted by Gasteiger charge is -2.24. The van der Waals surface area contributed by atoms with Crippen LogP contribution in [0.2, 0.25) is 0 Å². The maximum atomic E-state index is 11.8. The molecule has 0 radical (unpaired) electrons. The summed E-state index contributed by atoms with van der Waals surface area (Å²) in [5.74, 6) is -0.0700. The molecule has 0 aromatic rings. The average Bonchev–Trinajstić information content (AvgIpc) is 2.27. The number of nitrogens with zero attached hydrogens (tertiary/aromatic N) is 1. The Morgan fingerprint density at radius 2 is 1.60 bits per heavy atom. The molecule has 0 unspecified atom stereocenters. The largest absolute Gasteiger partial charge is 0.278 e. The standard InChI is InChI=1S/C11H23N3O/c1-5-8-12-14(13-9-6-2)11(15)10(4)7-3/h12-13H,4-9H2,1-3H3. The van der Waals surface area contributed by atoms with Crippen molar-refractivity contribution in [3.63, 3.8) is 0 Å². The van der Waals surface area contributed by atoms with Gasteiger partial charge >= 0.3 is 0 Å². The van der Waals surface area contributed by atoms with Crippen molar-refractivity contribution in [1.29, 1.82) is 0 Å². The van der Waals surface area contributed by atoms with Gasteiger partial charge in [-0.05, 0) is 19.3 Å². The summed E-state index contributed by atoms with van der Waals surface area (Å²) < 4.78 is 0. The van der Waals surface area contributed by atoms with E-state index >= 15 is 0 Å². The van der Waals surface area contributed by atoms with Crippen LogP contribution in [0.1, 0.15) is 40.0 Å². The van der Waals surface area contributed by atoms with Crippen LogP contribution in [0.4, 0.5) is 0 Å². The quantitative estimate of drug-likeness (QED) is 0.475. The molecule has 4 nitrogen and oxygen atoms in total. The number of nitrogens with one attached hydrogen (secondary N) is 2. The van der Waals surface area contributed by atoms with E-state index in [0.717, 1.165) is 25.9 Å². The molecule has 0 aliphatic heterocycles. The topological polar surface area (TPSA) is 44.4 Å². The van der Waals surface area contributed by atoms with E-state index in [0.29, 0.717) is 12.0 Å². The van der Waals surface area contributed by atoms with Gasteiger partial charge in [-0.25, -0.2) is 16.0 Å². The predicted molar refractivity (Wildman–Crippen MR) is 62.9 cm³/mol. The third-order valence-corrected chi connectivity index (χ3v) is 1.97. The third-order valence-electron chi connectivity index (χ3n) is 1.97. The van der Waals surface area contributed by atoms with Gasteiger partial charge in [0.2, 0.25) is 0 Å². The van der Waals surface area contributed by atoms with Crippen LogP contribution < -0.4 is 10.9 Å². The molecule has 0 aromatic heterocycles. The van der Waals surface area contributed by atoms with Gasteiger partial charge in [0.1, 0.15) is 0 Å². The Balaban J connectivity index is 4.19. The van der Waals surface area contributed by atoms with Crippen molar-refractivity contribution in [2.45, 2.75) is 40.0 Å². The summed E-state index contributed by atoms with van der Waals surface area (Å²) in [5, 5.41) is 1.46. The van der Waals surface area contributed by atoms with Crippen molar-refractivity contribution < 1.29 is 4.79 Å². The first-order chi connectivity index (χ1) is 7.17. The number of rotatable bonds is 8. The second-order valence-corrected chi connectivity index (χ2v) is 3.41. The molecule has 0 aliphatic rings. The molecule has 0 heterocycles. The number of amides is 1. The van der Waals surface area contributed by atoms with Gasteiger partial charge in [-0.2, -0.15) is 0 Å². The number of carbonyl (C=O) groups excluding carboxylic acids is 1. The van der Waals surface area contributed by atoms with Gasteiger partial charge in [0.15, 0.2) is 0 Å². The Labute approximate surface area is 92.7 Å². The number of hydrazine groups is 2. The Morgan fingerprint density at radius 3 is 1.93 bits per heavy atom. The average molecular weight is 213 g/mol. The molecular weight excluding hydrogens is 190 g/mol. The molecule has 2 N–H and O–H groups in total. The summed E-state index contributed by atoms with van der Waals surface area (Å²) in [6.45, 7) is 11.3. The molecule has 88 valence electrons. The molecule has 0 aliphatic carbocycles. The molecule has 4 heteroatoms. The maximum absolute atomic E-state index is 11.8. The highest BCUT2D eigenvalue weighted by Gasteiger charge is 2.13. The van der Waals surface area contributed by atoms with Crippen LogP contribution in [0.3, 0.4) is 0 Å². The van der Waals surface area contributed by atoms with Gasteiger partial charge in [-0.3, -0.25) is 4.79 Å². The molecule has 0 saturated carbocycles. The van der Waals surface area contributed by atoms with E-state index in [2.05, 4.69) is 31.3 Å². The number of hydrogen-bond acceptors (Lipinski definition) is 3. The fourth-order valence-electron chi connectivity index (χ4n) is 0.956. The van der Waals surface area contributed by atoms with Gasteiger partial charge in [0.25, 0.3) is 5.91 Å². The first-order valence-corrected chi connectivity index (χ1v) is 5.66. The fourth-order valence-corrected chi connectivity index (χ4v) is 0.956. The van der Waals surface area contributed by atoms with E-state index in [1.54, 1.807) is 0 Å². The third kappa shape index (κ3) is 5.54. The van der Waals surface area contributed by atoms with Crippen molar-refractivity contribution in [2.24, 2.45) is 0 Å².